The Hall–Kier alpha value is -1.59. The number of nitrogens with one attached hydrogen (secondary N) is 2. The highest BCUT2D eigenvalue weighted by Crippen LogP contribution is 2.13. The van der Waals surface area contributed by atoms with Crippen LogP contribution in [0.2, 0.25) is 0 Å². The summed E-state index contributed by atoms with van der Waals surface area (Å²) in [5.74, 6) is 0.854. The van der Waals surface area contributed by atoms with Gasteiger partial charge >= 0.3 is 0 Å². The number of guanidine groups is 1. The number of aliphatic imine (C=N–C) groups is 1. The van der Waals surface area contributed by atoms with Crippen LogP contribution in [0.15, 0.2) is 35.3 Å². The molecule has 0 aliphatic heterocycles. The summed E-state index contributed by atoms with van der Waals surface area (Å²) in [6, 6.07) is 11.2. The summed E-state index contributed by atoms with van der Waals surface area (Å²) < 4.78 is 0. The van der Waals surface area contributed by atoms with Crippen LogP contribution in [0, 0.1) is 0 Å². The first-order valence-electron chi connectivity index (χ1n) is 9.35. The molecule has 5 nitrogen and oxygen atoms in total. The van der Waals surface area contributed by atoms with E-state index in [4.69, 9.17) is 0 Å². The maximum Gasteiger partial charge on any atom is 0.191 e. The van der Waals surface area contributed by atoms with Crippen LogP contribution in [-0.4, -0.2) is 61.3 Å². The predicted molar refractivity (Wildman–Crippen MR) is 107 cm³/mol. The molecule has 1 unspecified atom stereocenters. The Morgan fingerprint density at radius 1 is 1.08 bits per heavy atom. The standard InChI is InChI=1S/C20H36N4O/c1-16(2)24(17(3)4)13-9-12-22-20(21-5)23-14-19(15-25)18-10-7-6-8-11-18/h6-8,10-11,16-17,19,25H,9,12-15H2,1-5H3,(H2,21,22,23). The molecule has 3 N–H and O–H groups in total. The van der Waals surface area contributed by atoms with Crippen molar-refractivity contribution < 1.29 is 5.11 Å². The topological polar surface area (TPSA) is 59.9 Å². The third kappa shape index (κ3) is 7.88. The second-order valence-electron chi connectivity index (χ2n) is 6.95. The van der Waals surface area contributed by atoms with E-state index >= 15 is 0 Å². The lowest BCUT2D eigenvalue weighted by Crippen LogP contribution is -2.42. The lowest BCUT2D eigenvalue weighted by Gasteiger charge is -2.30. The molecule has 142 valence electrons. The second kappa shape index (κ2) is 11.9. The van der Waals surface area contributed by atoms with Crippen LogP contribution in [0.5, 0.6) is 0 Å². The number of aliphatic hydroxyl groups is 1. The minimum absolute atomic E-state index is 0.0668. The van der Waals surface area contributed by atoms with Gasteiger partial charge in [-0.2, -0.15) is 0 Å². The van der Waals surface area contributed by atoms with Crippen LogP contribution in [0.3, 0.4) is 0 Å². The summed E-state index contributed by atoms with van der Waals surface area (Å²) in [4.78, 5) is 6.77. The van der Waals surface area contributed by atoms with E-state index in [0.29, 0.717) is 18.6 Å². The molecule has 0 saturated heterocycles. The minimum atomic E-state index is 0.0668. The van der Waals surface area contributed by atoms with Gasteiger partial charge in [-0.05, 0) is 39.7 Å². The maximum absolute atomic E-state index is 9.64. The molecule has 0 radical (unpaired) electrons. The fraction of sp³-hybridized carbons (Fsp3) is 0.650. The zero-order valence-corrected chi connectivity index (χ0v) is 16.5. The summed E-state index contributed by atoms with van der Waals surface area (Å²) in [7, 11) is 1.78. The van der Waals surface area contributed by atoms with E-state index < -0.39 is 0 Å². The number of nitrogens with zero attached hydrogens (tertiary/aromatic N) is 2. The maximum atomic E-state index is 9.64. The van der Waals surface area contributed by atoms with E-state index in [1.165, 1.54) is 0 Å². The molecule has 0 saturated carbocycles. The monoisotopic (exact) mass is 348 g/mol. The van der Waals surface area contributed by atoms with Crippen LogP contribution in [0.4, 0.5) is 0 Å². The fourth-order valence-corrected chi connectivity index (χ4v) is 3.03. The number of hydrogen-bond acceptors (Lipinski definition) is 3. The Morgan fingerprint density at radius 3 is 2.24 bits per heavy atom. The van der Waals surface area contributed by atoms with Gasteiger partial charge in [-0.15, -0.1) is 0 Å². The fourth-order valence-electron chi connectivity index (χ4n) is 3.03. The Kier molecular flexibility index (Phi) is 10.2. The molecule has 0 fully saturated rings. The van der Waals surface area contributed by atoms with Crippen LogP contribution in [0.1, 0.15) is 45.6 Å². The lowest BCUT2D eigenvalue weighted by atomic mass is 10.0. The first kappa shape index (κ1) is 21.5. The van der Waals surface area contributed by atoms with Gasteiger partial charge in [-0.3, -0.25) is 9.89 Å². The molecule has 0 spiro atoms. The molecule has 1 aromatic carbocycles. The highest BCUT2D eigenvalue weighted by atomic mass is 16.3. The van der Waals surface area contributed by atoms with Gasteiger partial charge in [-0.1, -0.05) is 30.3 Å². The first-order chi connectivity index (χ1) is 12.0. The quantitative estimate of drug-likeness (QED) is 0.345. The van der Waals surface area contributed by atoms with E-state index in [0.717, 1.165) is 31.0 Å². The van der Waals surface area contributed by atoms with Gasteiger partial charge < -0.3 is 15.7 Å². The first-order valence-corrected chi connectivity index (χ1v) is 9.35. The van der Waals surface area contributed by atoms with Crippen molar-refractivity contribution >= 4 is 5.96 Å². The molecule has 0 aromatic heterocycles. The predicted octanol–water partition coefficient (Wildman–Crippen LogP) is 2.44. The van der Waals surface area contributed by atoms with Crippen molar-refractivity contribution in [2.75, 3.05) is 33.3 Å². The highest BCUT2D eigenvalue weighted by Gasteiger charge is 2.13. The van der Waals surface area contributed by atoms with Crippen molar-refractivity contribution in [3.8, 4) is 0 Å². The van der Waals surface area contributed by atoms with Crippen LogP contribution in [0.25, 0.3) is 0 Å². The van der Waals surface area contributed by atoms with Gasteiger partial charge in [0.1, 0.15) is 0 Å². The lowest BCUT2D eigenvalue weighted by molar-refractivity contribution is 0.173. The number of rotatable bonds is 10. The summed E-state index contributed by atoms with van der Waals surface area (Å²) >= 11 is 0. The van der Waals surface area contributed by atoms with Gasteiger partial charge in [0, 0.05) is 44.7 Å². The second-order valence-corrected chi connectivity index (χ2v) is 6.95. The van der Waals surface area contributed by atoms with Gasteiger partial charge in [0.2, 0.25) is 0 Å². The van der Waals surface area contributed by atoms with Crippen molar-refractivity contribution in [3.05, 3.63) is 35.9 Å². The summed E-state index contributed by atoms with van der Waals surface area (Å²) in [6.07, 6.45) is 1.07. The molecule has 5 heteroatoms. The molecule has 1 rings (SSSR count). The number of aliphatic hydroxyl groups excluding tert-OH is 1. The van der Waals surface area contributed by atoms with Crippen molar-refractivity contribution in [1.29, 1.82) is 0 Å². The van der Waals surface area contributed by atoms with Crippen LogP contribution in [-0.2, 0) is 0 Å². The number of benzene rings is 1. The Balaban J connectivity index is 2.37. The molecule has 25 heavy (non-hydrogen) atoms. The van der Waals surface area contributed by atoms with E-state index in [1.54, 1.807) is 7.05 Å². The SMILES string of the molecule is CN=C(NCCCN(C(C)C)C(C)C)NCC(CO)c1ccccc1. The minimum Gasteiger partial charge on any atom is -0.396 e. The summed E-state index contributed by atoms with van der Waals surface area (Å²) in [6.45, 7) is 11.7. The van der Waals surface area contributed by atoms with E-state index in [1.807, 2.05) is 30.3 Å². The highest BCUT2D eigenvalue weighted by molar-refractivity contribution is 5.79. The molecular weight excluding hydrogens is 312 g/mol. The Morgan fingerprint density at radius 2 is 1.72 bits per heavy atom. The van der Waals surface area contributed by atoms with E-state index in [9.17, 15) is 5.11 Å². The zero-order valence-electron chi connectivity index (χ0n) is 16.5. The van der Waals surface area contributed by atoms with Gasteiger partial charge in [-0.25, -0.2) is 0 Å². The molecule has 0 bridgehead atoms. The smallest absolute Gasteiger partial charge is 0.191 e. The average Bonchev–Trinajstić information content (AvgIpc) is 2.60. The van der Waals surface area contributed by atoms with Gasteiger partial charge in [0.25, 0.3) is 0 Å². The normalized spacial score (nSPS) is 13.6. The Labute approximate surface area is 153 Å². The molecule has 1 aromatic rings. The molecule has 1 atom stereocenters. The molecule has 0 aliphatic carbocycles. The largest absolute Gasteiger partial charge is 0.396 e. The summed E-state index contributed by atoms with van der Waals surface area (Å²) in [5.41, 5.74) is 1.14. The third-order valence-electron chi connectivity index (χ3n) is 4.44. The van der Waals surface area contributed by atoms with E-state index in [-0.39, 0.29) is 12.5 Å². The summed E-state index contributed by atoms with van der Waals surface area (Å²) in [5, 5.41) is 16.3. The molecule has 0 amide bonds. The van der Waals surface area contributed by atoms with Crippen LogP contribution < -0.4 is 10.6 Å². The number of hydrogen-bond donors (Lipinski definition) is 3. The molecule has 0 aliphatic rings. The zero-order chi connectivity index (χ0) is 18.7. The van der Waals surface area contributed by atoms with Crippen molar-refractivity contribution in [2.24, 2.45) is 4.99 Å². The van der Waals surface area contributed by atoms with Crippen molar-refractivity contribution in [2.45, 2.75) is 52.1 Å². The average molecular weight is 349 g/mol. The van der Waals surface area contributed by atoms with E-state index in [2.05, 4.69) is 48.2 Å². The van der Waals surface area contributed by atoms with Gasteiger partial charge in [0.05, 0.1) is 6.61 Å². The van der Waals surface area contributed by atoms with Crippen molar-refractivity contribution in [3.63, 3.8) is 0 Å². The Bertz CT molecular complexity index is 480. The van der Waals surface area contributed by atoms with Crippen LogP contribution >= 0.6 is 0 Å². The molecular formula is C20H36N4O. The van der Waals surface area contributed by atoms with Gasteiger partial charge in [0.15, 0.2) is 5.96 Å². The molecule has 0 heterocycles. The third-order valence-corrected chi connectivity index (χ3v) is 4.44. The van der Waals surface area contributed by atoms with Crippen molar-refractivity contribution in [1.82, 2.24) is 15.5 Å².